The Morgan fingerprint density at radius 3 is 2.58 bits per heavy atom. The molecule has 9 heteroatoms. The van der Waals surface area contributed by atoms with Gasteiger partial charge in [-0.3, -0.25) is 15.6 Å². The van der Waals surface area contributed by atoms with E-state index < -0.39 is 0 Å². The van der Waals surface area contributed by atoms with Gasteiger partial charge in [0.1, 0.15) is 11.6 Å². The Kier molecular flexibility index (Phi) is 7.19. The maximum absolute atomic E-state index is 14.1. The highest BCUT2D eigenvalue weighted by Crippen LogP contribution is 2.29. The first-order chi connectivity index (χ1) is 14.9. The number of nitrogens with two attached hydrogens (primary N) is 1. The molecule has 2 aromatic rings. The summed E-state index contributed by atoms with van der Waals surface area (Å²) < 4.78 is 14.1. The quantitative estimate of drug-likeness (QED) is 0.513. The second-order valence-corrected chi connectivity index (χ2v) is 9.29. The Hall–Kier alpha value is -1.64. The predicted molar refractivity (Wildman–Crippen MR) is 125 cm³/mol. The standard InChI is InChI=1S/C22H29Cl2FN6/c1-15-13-30(22-20(24)11-18(28-26)12-27-22)8-9-31(15)19-4-6-29(7-5-19)14-16-2-3-17(23)10-21(16)25/h2-3,10-12,15,19,28H,4-9,13-14,26H2,1H3/t15-/m0/s1. The zero-order chi connectivity index (χ0) is 22.0. The lowest BCUT2D eigenvalue weighted by Crippen LogP contribution is -2.57. The van der Waals surface area contributed by atoms with Crippen LogP contribution in [-0.4, -0.2) is 59.6 Å². The highest BCUT2D eigenvalue weighted by molar-refractivity contribution is 6.33. The normalized spacial score (nSPS) is 21.5. The van der Waals surface area contributed by atoms with Gasteiger partial charge in [0.25, 0.3) is 0 Å². The average molecular weight is 467 g/mol. The minimum atomic E-state index is -0.220. The number of piperazine rings is 1. The molecule has 2 saturated heterocycles. The molecule has 0 bridgehead atoms. The Morgan fingerprint density at radius 2 is 1.94 bits per heavy atom. The molecule has 3 heterocycles. The van der Waals surface area contributed by atoms with E-state index in [0.717, 1.165) is 51.4 Å². The first kappa shape index (κ1) is 22.6. The van der Waals surface area contributed by atoms with E-state index in [9.17, 15) is 4.39 Å². The van der Waals surface area contributed by atoms with Crippen LogP contribution in [0, 0.1) is 5.82 Å². The molecule has 0 saturated carbocycles. The zero-order valence-corrected chi connectivity index (χ0v) is 19.2. The van der Waals surface area contributed by atoms with Crippen molar-refractivity contribution in [3.05, 3.63) is 51.9 Å². The van der Waals surface area contributed by atoms with Crippen molar-refractivity contribution < 1.29 is 4.39 Å². The molecule has 4 rings (SSSR count). The summed E-state index contributed by atoms with van der Waals surface area (Å²) in [6.07, 6.45) is 3.89. The zero-order valence-electron chi connectivity index (χ0n) is 17.7. The van der Waals surface area contributed by atoms with Gasteiger partial charge >= 0.3 is 0 Å². The summed E-state index contributed by atoms with van der Waals surface area (Å²) in [5.74, 6) is 6.03. The fourth-order valence-corrected chi connectivity index (χ4v) is 5.19. The van der Waals surface area contributed by atoms with E-state index in [2.05, 4.69) is 32.0 Å². The van der Waals surface area contributed by atoms with Crippen LogP contribution in [0.15, 0.2) is 30.5 Å². The lowest BCUT2D eigenvalue weighted by atomic mass is 9.99. The van der Waals surface area contributed by atoms with Crippen molar-refractivity contribution in [2.75, 3.05) is 43.0 Å². The highest BCUT2D eigenvalue weighted by atomic mass is 35.5. The van der Waals surface area contributed by atoms with Crippen molar-refractivity contribution >= 4 is 34.7 Å². The molecule has 0 spiro atoms. The summed E-state index contributed by atoms with van der Waals surface area (Å²) in [5, 5.41) is 1.05. The Bertz CT molecular complexity index is 906. The molecule has 2 aliphatic rings. The lowest BCUT2D eigenvalue weighted by Gasteiger charge is -2.47. The van der Waals surface area contributed by atoms with E-state index in [-0.39, 0.29) is 5.82 Å². The number of hydrogen-bond donors (Lipinski definition) is 2. The van der Waals surface area contributed by atoms with Crippen LogP contribution in [0.4, 0.5) is 15.9 Å². The second-order valence-electron chi connectivity index (χ2n) is 8.45. The second kappa shape index (κ2) is 9.88. The van der Waals surface area contributed by atoms with Crippen LogP contribution in [0.1, 0.15) is 25.3 Å². The van der Waals surface area contributed by atoms with Gasteiger partial charge in [-0.2, -0.15) is 0 Å². The summed E-state index contributed by atoms with van der Waals surface area (Å²) in [7, 11) is 0. The van der Waals surface area contributed by atoms with Gasteiger partial charge < -0.3 is 10.3 Å². The number of nitrogens with zero attached hydrogens (tertiary/aromatic N) is 4. The lowest BCUT2D eigenvalue weighted by molar-refractivity contribution is 0.0687. The third kappa shape index (κ3) is 5.23. The van der Waals surface area contributed by atoms with Crippen LogP contribution in [0.25, 0.3) is 0 Å². The molecular weight excluding hydrogens is 438 g/mol. The summed E-state index contributed by atoms with van der Waals surface area (Å²) in [6.45, 7) is 7.61. The molecule has 2 fully saturated rings. The number of pyridine rings is 1. The van der Waals surface area contributed by atoms with Gasteiger partial charge in [0, 0.05) is 48.8 Å². The van der Waals surface area contributed by atoms with Crippen molar-refractivity contribution in [3.63, 3.8) is 0 Å². The number of aromatic nitrogens is 1. The molecule has 6 nitrogen and oxygen atoms in total. The molecular formula is C22H29Cl2FN6. The first-order valence-corrected chi connectivity index (χ1v) is 11.5. The maximum atomic E-state index is 14.1. The van der Waals surface area contributed by atoms with E-state index in [1.165, 1.54) is 6.07 Å². The van der Waals surface area contributed by atoms with Crippen molar-refractivity contribution in [3.8, 4) is 0 Å². The highest BCUT2D eigenvalue weighted by Gasteiger charge is 2.32. The molecule has 2 aliphatic heterocycles. The monoisotopic (exact) mass is 466 g/mol. The third-order valence-electron chi connectivity index (χ3n) is 6.40. The SMILES string of the molecule is C[C@H]1CN(c2ncc(NN)cc2Cl)CCN1C1CCN(Cc2ccc(Cl)cc2F)CC1. The Labute approximate surface area is 193 Å². The molecule has 3 N–H and O–H groups in total. The number of piperidine rings is 1. The number of hydrazine groups is 1. The van der Waals surface area contributed by atoms with Gasteiger partial charge in [0.2, 0.25) is 0 Å². The van der Waals surface area contributed by atoms with E-state index in [4.69, 9.17) is 29.0 Å². The van der Waals surface area contributed by atoms with Gasteiger partial charge in [0.15, 0.2) is 0 Å². The predicted octanol–water partition coefficient (Wildman–Crippen LogP) is 3.99. The number of hydrogen-bond acceptors (Lipinski definition) is 6. The van der Waals surface area contributed by atoms with Crippen molar-refractivity contribution in [2.45, 2.75) is 38.4 Å². The van der Waals surface area contributed by atoms with Crippen molar-refractivity contribution in [1.29, 1.82) is 0 Å². The number of nitrogens with one attached hydrogen (secondary N) is 1. The summed E-state index contributed by atoms with van der Waals surface area (Å²) in [4.78, 5) is 11.7. The summed E-state index contributed by atoms with van der Waals surface area (Å²) >= 11 is 12.3. The van der Waals surface area contributed by atoms with E-state index in [1.807, 2.05) is 0 Å². The molecule has 0 unspecified atom stereocenters. The van der Waals surface area contributed by atoms with Crippen molar-refractivity contribution in [1.82, 2.24) is 14.8 Å². The number of nitrogen functional groups attached to an aromatic ring is 1. The minimum absolute atomic E-state index is 0.220. The van der Waals surface area contributed by atoms with E-state index in [1.54, 1.807) is 24.4 Å². The van der Waals surface area contributed by atoms with E-state index >= 15 is 0 Å². The van der Waals surface area contributed by atoms with Crippen molar-refractivity contribution in [2.24, 2.45) is 5.84 Å². The maximum Gasteiger partial charge on any atom is 0.147 e. The largest absolute Gasteiger partial charge is 0.353 e. The van der Waals surface area contributed by atoms with Crippen LogP contribution in [0.3, 0.4) is 0 Å². The van der Waals surface area contributed by atoms with Crippen LogP contribution in [-0.2, 0) is 6.54 Å². The Morgan fingerprint density at radius 1 is 1.16 bits per heavy atom. The molecule has 0 aliphatic carbocycles. The number of halogens is 3. The van der Waals surface area contributed by atoms with Crippen LogP contribution in [0.2, 0.25) is 10.0 Å². The summed E-state index contributed by atoms with van der Waals surface area (Å²) in [6, 6.07) is 7.71. The number of rotatable bonds is 5. The van der Waals surface area contributed by atoms with Gasteiger partial charge in [-0.05, 0) is 51.1 Å². The fourth-order valence-electron chi connectivity index (χ4n) is 4.75. The molecule has 168 valence electrons. The molecule has 1 aromatic carbocycles. The first-order valence-electron chi connectivity index (χ1n) is 10.7. The van der Waals surface area contributed by atoms with E-state index in [0.29, 0.717) is 39.9 Å². The number of anilines is 2. The van der Waals surface area contributed by atoms with Crippen LogP contribution < -0.4 is 16.2 Å². The topological polar surface area (TPSA) is 60.7 Å². The molecule has 1 atom stereocenters. The van der Waals surface area contributed by atoms with Gasteiger partial charge in [-0.25, -0.2) is 9.37 Å². The van der Waals surface area contributed by atoms with Crippen LogP contribution >= 0.6 is 23.2 Å². The smallest absolute Gasteiger partial charge is 0.147 e. The molecule has 0 radical (unpaired) electrons. The van der Waals surface area contributed by atoms with Crippen LogP contribution in [0.5, 0.6) is 0 Å². The molecule has 31 heavy (non-hydrogen) atoms. The summed E-state index contributed by atoms with van der Waals surface area (Å²) in [5.41, 5.74) is 3.99. The minimum Gasteiger partial charge on any atom is -0.353 e. The van der Waals surface area contributed by atoms with Gasteiger partial charge in [0.05, 0.1) is 16.9 Å². The van der Waals surface area contributed by atoms with Gasteiger partial charge in [-0.1, -0.05) is 29.3 Å². The fraction of sp³-hybridized carbons (Fsp3) is 0.500. The Balaban J connectivity index is 1.31. The number of likely N-dealkylation sites (tertiary alicyclic amines) is 1. The molecule has 0 amide bonds. The third-order valence-corrected chi connectivity index (χ3v) is 6.92. The molecule has 1 aromatic heterocycles. The average Bonchev–Trinajstić information content (AvgIpc) is 2.76. The number of benzene rings is 1. The van der Waals surface area contributed by atoms with Gasteiger partial charge in [-0.15, -0.1) is 0 Å².